The number of halogens is 1. The van der Waals surface area contributed by atoms with Crippen LogP contribution in [0, 0.1) is 5.41 Å². The molecule has 0 fully saturated rings. The Labute approximate surface area is 175 Å². The molecule has 3 rings (SSSR count). The maximum absolute atomic E-state index is 12.2. The molecule has 3 aromatic rings. The van der Waals surface area contributed by atoms with E-state index in [0.29, 0.717) is 17.3 Å². The topological polar surface area (TPSA) is 82.4 Å². The van der Waals surface area contributed by atoms with Crippen molar-refractivity contribution in [3.63, 3.8) is 0 Å². The lowest BCUT2D eigenvalue weighted by Gasteiger charge is -2.19. The van der Waals surface area contributed by atoms with Crippen LogP contribution in [-0.2, 0) is 10.0 Å². The lowest BCUT2D eigenvalue weighted by Crippen LogP contribution is -2.26. The molecule has 0 heterocycles. The van der Waals surface area contributed by atoms with E-state index >= 15 is 0 Å². The van der Waals surface area contributed by atoms with E-state index in [1.54, 1.807) is 42.5 Å². The maximum Gasteiger partial charge on any atom is 0.283 e. The molecule has 0 aliphatic heterocycles. The smallest absolute Gasteiger partial charge is 0.283 e. The van der Waals surface area contributed by atoms with Crippen LogP contribution in [0.3, 0.4) is 0 Å². The number of nitrogens with zero attached hydrogens (tertiary/aromatic N) is 1. The molecule has 29 heavy (non-hydrogen) atoms. The molecule has 5 nitrogen and oxygen atoms in total. The van der Waals surface area contributed by atoms with Crippen molar-refractivity contribution in [1.82, 2.24) is 5.32 Å². The minimum Gasteiger partial charge on any atom is -0.374 e. The van der Waals surface area contributed by atoms with Crippen LogP contribution in [0.25, 0.3) is 0 Å². The van der Waals surface area contributed by atoms with Gasteiger partial charge in [0.2, 0.25) is 0 Å². The molecule has 0 saturated heterocycles. The van der Waals surface area contributed by atoms with Gasteiger partial charge < -0.3 is 10.7 Å². The van der Waals surface area contributed by atoms with E-state index < -0.39 is 10.0 Å². The number of hydrogen-bond acceptors (Lipinski definition) is 3. The molecule has 0 aliphatic rings. The van der Waals surface area contributed by atoms with E-state index in [9.17, 15) is 8.42 Å². The van der Waals surface area contributed by atoms with E-state index in [0.717, 1.165) is 11.1 Å². The Kier molecular flexibility index (Phi) is 6.80. The second kappa shape index (κ2) is 9.49. The summed E-state index contributed by atoms with van der Waals surface area (Å²) in [5.41, 5.74) is 2.10. The lowest BCUT2D eigenvalue weighted by molar-refractivity contribution is 0.598. The molecule has 148 valence electrons. The Morgan fingerprint density at radius 3 is 2.17 bits per heavy atom. The van der Waals surface area contributed by atoms with Gasteiger partial charge in [0.15, 0.2) is 0 Å². The Bertz CT molecular complexity index is 1080. The van der Waals surface area contributed by atoms with Gasteiger partial charge in [-0.05, 0) is 35.4 Å². The van der Waals surface area contributed by atoms with Gasteiger partial charge in [-0.2, -0.15) is 8.42 Å². The van der Waals surface area contributed by atoms with Crippen molar-refractivity contribution in [2.24, 2.45) is 4.40 Å². The molecule has 0 radical (unpaired) electrons. The zero-order valence-corrected chi connectivity index (χ0v) is 17.1. The van der Waals surface area contributed by atoms with Gasteiger partial charge in [-0.25, -0.2) is 0 Å². The molecule has 0 aromatic heterocycles. The number of nitrogens with one attached hydrogen (secondary N) is 2. The summed E-state index contributed by atoms with van der Waals surface area (Å²) in [7, 11) is -3.76. The number of benzene rings is 3. The first kappa shape index (κ1) is 20.8. The van der Waals surface area contributed by atoms with Gasteiger partial charge in [-0.1, -0.05) is 72.3 Å². The summed E-state index contributed by atoms with van der Waals surface area (Å²) in [4.78, 5) is 0.131. The molecular weight excluding hydrogens is 406 g/mol. The summed E-state index contributed by atoms with van der Waals surface area (Å²) in [5.74, 6) is -0.289. The first-order valence-electron chi connectivity index (χ1n) is 8.94. The van der Waals surface area contributed by atoms with Crippen molar-refractivity contribution in [2.45, 2.75) is 10.8 Å². The normalized spacial score (nSPS) is 12.6. The van der Waals surface area contributed by atoms with E-state index in [4.69, 9.17) is 17.0 Å². The lowest BCUT2D eigenvalue weighted by atomic mass is 9.90. The van der Waals surface area contributed by atoms with Gasteiger partial charge in [-0.3, -0.25) is 0 Å². The van der Waals surface area contributed by atoms with Crippen molar-refractivity contribution in [3.05, 3.63) is 101 Å². The first-order chi connectivity index (χ1) is 14.0. The summed E-state index contributed by atoms with van der Waals surface area (Å²) in [6, 6.07) is 24.7. The van der Waals surface area contributed by atoms with Crippen molar-refractivity contribution in [3.8, 4) is 0 Å². The fourth-order valence-corrected chi connectivity index (χ4v) is 3.80. The van der Waals surface area contributed by atoms with E-state index in [2.05, 4.69) is 9.71 Å². The standard InChI is InChI=1S/C22H20ClN3O2S/c23-19-13-11-18(12-14-19)22(24)21(17-7-3-1-4-8-17)15-25-16-26-29(27,28)20-9-5-2-6-10-20/h1-14,16,21,24H,15H2,(H,25,26). The summed E-state index contributed by atoms with van der Waals surface area (Å²) < 4.78 is 28.2. The fraction of sp³-hybridized carbons (Fsp3) is 0.0909. The molecule has 0 bridgehead atoms. The fourth-order valence-electron chi connectivity index (χ4n) is 2.83. The van der Waals surface area contributed by atoms with Crippen molar-refractivity contribution >= 4 is 33.7 Å². The predicted molar refractivity (Wildman–Crippen MR) is 118 cm³/mol. The van der Waals surface area contributed by atoms with E-state index in [1.165, 1.54) is 18.5 Å². The molecule has 1 unspecified atom stereocenters. The second-order valence-electron chi connectivity index (χ2n) is 6.31. The average Bonchev–Trinajstić information content (AvgIpc) is 2.75. The first-order valence-corrected chi connectivity index (χ1v) is 10.8. The number of hydrogen-bond donors (Lipinski definition) is 2. The summed E-state index contributed by atoms with van der Waals surface area (Å²) >= 11 is 5.95. The van der Waals surface area contributed by atoms with Crippen LogP contribution in [0.15, 0.2) is 94.2 Å². The molecule has 0 amide bonds. The minimum absolute atomic E-state index is 0.131. The Hall–Kier alpha value is -2.96. The van der Waals surface area contributed by atoms with Gasteiger partial charge in [0.05, 0.1) is 4.90 Å². The third-order valence-corrected chi connectivity index (χ3v) is 5.85. The van der Waals surface area contributed by atoms with Crippen LogP contribution in [0.5, 0.6) is 0 Å². The van der Waals surface area contributed by atoms with Gasteiger partial charge in [0.25, 0.3) is 10.0 Å². The molecule has 0 spiro atoms. The second-order valence-corrected chi connectivity index (χ2v) is 8.38. The monoisotopic (exact) mass is 425 g/mol. The average molecular weight is 426 g/mol. The SMILES string of the molecule is N=C(c1ccc(Cl)cc1)C(CN/C=N/S(=O)(=O)c1ccccc1)c1ccccc1. The minimum atomic E-state index is -3.76. The van der Waals surface area contributed by atoms with Crippen LogP contribution < -0.4 is 5.32 Å². The van der Waals surface area contributed by atoms with Crippen molar-refractivity contribution in [1.29, 1.82) is 5.41 Å². The predicted octanol–water partition coefficient (Wildman–Crippen LogP) is 4.50. The quantitative estimate of drug-likeness (QED) is 0.411. The van der Waals surface area contributed by atoms with Gasteiger partial charge in [0, 0.05) is 23.2 Å². The molecule has 2 N–H and O–H groups in total. The highest BCUT2D eigenvalue weighted by atomic mass is 35.5. The molecule has 7 heteroatoms. The van der Waals surface area contributed by atoms with Gasteiger partial charge in [0.1, 0.15) is 6.34 Å². The molecular formula is C22H20ClN3O2S. The molecule has 1 atom stereocenters. The van der Waals surface area contributed by atoms with Crippen LogP contribution in [0.1, 0.15) is 17.0 Å². The van der Waals surface area contributed by atoms with Gasteiger partial charge >= 0.3 is 0 Å². The van der Waals surface area contributed by atoms with E-state index in [1.807, 2.05) is 30.3 Å². The number of rotatable bonds is 8. The number of sulfonamides is 1. The molecule has 0 aliphatic carbocycles. The summed E-state index contributed by atoms with van der Waals surface area (Å²) in [6.45, 7) is 0.319. The maximum atomic E-state index is 12.2. The highest BCUT2D eigenvalue weighted by Gasteiger charge is 2.18. The third kappa shape index (κ3) is 5.53. The molecule has 3 aromatic carbocycles. The van der Waals surface area contributed by atoms with Crippen molar-refractivity contribution in [2.75, 3.05) is 6.54 Å². The zero-order valence-electron chi connectivity index (χ0n) is 15.5. The highest BCUT2D eigenvalue weighted by molar-refractivity contribution is 7.90. The third-order valence-electron chi connectivity index (χ3n) is 4.35. The van der Waals surface area contributed by atoms with Crippen LogP contribution in [-0.4, -0.2) is 27.0 Å². The molecule has 0 saturated carbocycles. The van der Waals surface area contributed by atoms with Crippen LogP contribution >= 0.6 is 11.6 Å². The Morgan fingerprint density at radius 1 is 0.966 bits per heavy atom. The Morgan fingerprint density at radius 2 is 1.55 bits per heavy atom. The summed E-state index contributed by atoms with van der Waals surface area (Å²) in [5, 5.41) is 12.2. The van der Waals surface area contributed by atoms with Crippen LogP contribution in [0.4, 0.5) is 0 Å². The highest BCUT2D eigenvalue weighted by Crippen LogP contribution is 2.21. The summed E-state index contributed by atoms with van der Waals surface area (Å²) in [6.07, 6.45) is 1.17. The van der Waals surface area contributed by atoms with E-state index in [-0.39, 0.29) is 10.8 Å². The zero-order chi connectivity index (χ0) is 20.7. The van der Waals surface area contributed by atoms with Gasteiger partial charge in [-0.15, -0.1) is 4.40 Å². The van der Waals surface area contributed by atoms with Crippen LogP contribution in [0.2, 0.25) is 5.02 Å². The van der Waals surface area contributed by atoms with Crippen molar-refractivity contribution < 1.29 is 8.42 Å². The largest absolute Gasteiger partial charge is 0.374 e. The Balaban J connectivity index is 1.76.